The fourth-order valence-electron chi connectivity index (χ4n) is 2.65. The molecule has 142 valence electrons. The Kier molecular flexibility index (Phi) is 5.36. The molecule has 1 heterocycles. The number of aryl methyl sites for hydroxylation is 2. The van der Waals surface area contributed by atoms with Gasteiger partial charge in [-0.1, -0.05) is 5.16 Å². The molecule has 0 aliphatic carbocycles. The van der Waals surface area contributed by atoms with Gasteiger partial charge in [0, 0.05) is 17.1 Å². The Hall–Kier alpha value is -3.00. The topological polar surface area (TPSA) is 93.5 Å². The average molecular weight is 387 g/mol. The molecule has 2 aromatic carbocycles. The molecule has 2 N–H and O–H groups in total. The van der Waals surface area contributed by atoms with Crippen LogP contribution in [0.5, 0.6) is 5.75 Å². The van der Waals surface area contributed by atoms with E-state index in [1.54, 1.807) is 38.1 Å². The van der Waals surface area contributed by atoms with Crippen LogP contribution in [0.3, 0.4) is 0 Å². The quantitative estimate of drug-likeness (QED) is 0.630. The van der Waals surface area contributed by atoms with Gasteiger partial charge in [0.2, 0.25) is 0 Å². The first-order chi connectivity index (χ1) is 12.9. The number of anilines is 3. The lowest BCUT2D eigenvalue weighted by Gasteiger charge is -2.10. The van der Waals surface area contributed by atoms with E-state index in [1.807, 2.05) is 31.2 Å². The number of aromatic nitrogens is 1. The van der Waals surface area contributed by atoms with Crippen molar-refractivity contribution in [1.82, 2.24) is 5.16 Å². The molecule has 0 amide bonds. The Morgan fingerprint density at radius 1 is 0.963 bits per heavy atom. The van der Waals surface area contributed by atoms with E-state index in [4.69, 9.17) is 9.26 Å². The lowest BCUT2D eigenvalue weighted by Crippen LogP contribution is -2.14. The van der Waals surface area contributed by atoms with E-state index in [1.165, 1.54) is 0 Å². The summed E-state index contributed by atoms with van der Waals surface area (Å²) in [7, 11) is -3.75. The highest BCUT2D eigenvalue weighted by molar-refractivity contribution is 7.92. The molecule has 7 nitrogen and oxygen atoms in total. The maximum absolute atomic E-state index is 12.5. The van der Waals surface area contributed by atoms with Gasteiger partial charge in [0.25, 0.3) is 10.0 Å². The van der Waals surface area contributed by atoms with Crippen LogP contribution in [0.25, 0.3) is 0 Å². The van der Waals surface area contributed by atoms with E-state index in [0.717, 1.165) is 17.1 Å². The molecule has 8 heteroatoms. The van der Waals surface area contributed by atoms with Crippen LogP contribution in [-0.2, 0) is 10.0 Å². The number of sulfonamides is 1. The number of hydrogen-bond donors (Lipinski definition) is 2. The lowest BCUT2D eigenvalue weighted by atomic mass is 10.2. The Labute approximate surface area is 158 Å². The van der Waals surface area contributed by atoms with Gasteiger partial charge in [0.15, 0.2) is 10.7 Å². The van der Waals surface area contributed by atoms with E-state index in [-0.39, 0.29) is 10.7 Å². The minimum absolute atomic E-state index is 0.0686. The second kappa shape index (κ2) is 7.71. The molecule has 0 aliphatic heterocycles. The molecule has 0 saturated carbocycles. The predicted molar refractivity (Wildman–Crippen MR) is 104 cm³/mol. The lowest BCUT2D eigenvalue weighted by molar-refractivity contribution is 0.340. The van der Waals surface area contributed by atoms with Crippen LogP contribution in [-0.4, -0.2) is 20.2 Å². The van der Waals surface area contributed by atoms with Gasteiger partial charge in [-0.05, 0) is 69.3 Å². The summed E-state index contributed by atoms with van der Waals surface area (Å²) in [6, 6.07) is 14.6. The second-order valence-electron chi connectivity index (χ2n) is 5.92. The molecule has 0 fully saturated rings. The standard InChI is InChI=1S/C19H21N3O4S/c1-4-25-18-11-9-16(10-12-18)20-15-5-7-17(8-6-15)22-27(23,24)19-13(2)21-26-14(19)3/h5-12,20,22H,4H2,1-3H3. The van der Waals surface area contributed by atoms with Crippen LogP contribution >= 0.6 is 0 Å². The summed E-state index contributed by atoms with van der Waals surface area (Å²) in [5.41, 5.74) is 2.52. The number of hydrogen-bond acceptors (Lipinski definition) is 6. The molecule has 0 atom stereocenters. The van der Waals surface area contributed by atoms with Crippen LogP contribution in [0.2, 0.25) is 0 Å². The minimum Gasteiger partial charge on any atom is -0.494 e. The first kappa shape index (κ1) is 18.8. The fraction of sp³-hybridized carbons (Fsp3) is 0.211. The third-order valence-electron chi connectivity index (χ3n) is 3.83. The van der Waals surface area contributed by atoms with Gasteiger partial charge in [-0.15, -0.1) is 0 Å². The molecule has 3 rings (SSSR count). The van der Waals surface area contributed by atoms with Crippen LogP contribution in [0.4, 0.5) is 17.1 Å². The summed E-state index contributed by atoms with van der Waals surface area (Å²) in [5.74, 6) is 1.07. The van der Waals surface area contributed by atoms with Gasteiger partial charge in [0.1, 0.15) is 11.4 Å². The third kappa shape index (κ3) is 4.40. The number of rotatable bonds is 7. The van der Waals surface area contributed by atoms with Crippen molar-refractivity contribution in [2.75, 3.05) is 16.6 Å². The van der Waals surface area contributed by atoms with Crippen LogP contribution in [0.15, 0.2) is 57.9 Å². The fourth-order valence-corrected chi connectivity index (χ4v) is 4.04. The van der Waals surface area contributed by atoms with Crippen molar-refractivity contribution in [3.8, 4) is 5.75 Å². The van der Waals surface area contributed by atoms with Crippen molar-refractivity contribution < 1.29 is 17.7 Å². The van der Waals surface area contributed by atoms with E-state index in [2.05, 4.69) is 15.2 Å². The predicted octanol–water partition coefficient (Wildman–Crippen LogP) is 4.23. The Bertz CT molecular complexity index is 991. The van der Waals surface area contributed by atoms with E-state index < -0.39 is 10.0 Å². The maximum Gasteiger partial charge on any atom is 0.267 e. The van der Waals surface area contributed by atoms with Gasteiger partial charge in [-0.3, -0.25) is 4.72 Å². The number of nitrogens with one attached hydrogen (secondary N) is 2. The SMILES string of the molecule is CCOc1ccc(Nc2ccc(NS(=O)(=O)c3c(C)noc3C)cc2)cc1. The zero-order valence-corrected chi connectivity index (χ0v) is 16.1. The number of ether oxygens (including phenoxy) is 1. The minimum atomic E-state index is -3.75. The van der Waals surface area contributed by atoms with Gasteiger partial charge >= 0.3 is 0 Å². The summed E-state index contributed by atoms with van der Waals surface area (Å²) in [5, 5.41) is 6.94. The Balaban J connectivity index is 1.70. The molecule has 0 saturated heterocycles. The van der Waals surface area contributed by atoms with Crippen LogP contribution in [0, 0.1) is 13.8 Å². The first-order valence-corrected chi connectivity index (χ1v) is 9.93. The third-order valence-corrected chi connectivity index (χ3v) is 5.45. The zero-order valence-electron chi connectivity index (χ0n) is 15.3. The van der Waals surface area contributed by atoms with Gasteiger partial charge < -0.3 is 14.6 Å². The Morgan fingerprint density at radius 2 is 1.52 bits per heavy atom. The molecule has 0 bridgehead atoms. The van der Waals surface area contributed by atoms with Crippen molar-refractivity contribution in [1.29, 1.82) is 0 Å². The second-order valence-corrected chi connectivity index (χ2v) is 7.54. The van der Waals surface area contributed by atoms with Gasteiger partial charge in [-0.2, -0.15) is 0 Å². The average Bonchev–Trinajstić information content (AvgIpc) is 2.98. The summed E-state index contributed by atoms with van der Waals surface area (Å²) < 4.78 is 38.0. The smallest absolute Gasteiger partial charge is 0.267 e. The molecule has 1 aromatic heterocycles. The summed E-state index contributed by atoms with van der Waals surface area (Å²) in [6.45, 7) is 5.72. The van der Waals surface area contributed by atoms with Crippen molar-refractivity contribution >= 4 is 27.1 Å². The molecule has 0 radical (unpaired) electrons. The summed E-state index contributed by atoms with van der Waals surface area (Å²) >= 11 is 0. The monoisotopic (exact) mass is 387 g/mol. The first-order valence-electron chi connectivity index (χ1n) is 8.44. The van der Waals surface area contributed by atoms with E-state index in [9.17, 15) is 8.42 Å². The highest BCUT2D eigenvalue weighted by Gasteiger charge is 2.24. The maximum atomic E-state index is 12.5. The highest BCUT2D eigenvalue weighted by atomic mass is 32.2. The van der Waals surface area contributed by atoms with Gasteiger partial charge in [0.05, 0.1) is 6.61 Å². The molecule has 0 unspecified atom stereocenters. The molecule has 0 spiro atoms. The van der Waals surface area contributed by atoms with Crippen molar-refractivity contribution in [3.05, 3.63) is 60.0 Å². The molecular weight excluding hydrogens is 366 g/mol. The van der Waals surface area contributed by atoms with Gasteiger partial charge in [-0.25, -0.2) is 8.42 Å². The highest BCUT2D eigenvalue weighted by Crippen LogP contribution is 2.25. The van der Waals surface area contributed by atoms with E-state index in [0.29, 0.717) is 18.0 Å². The summed E-state index contributed by atoms with van der Waals surface area (Å²) in [4.78, 5) is 0.0686. The van der Waals surface area contributed by atoms with Crippen molar-refractivity contribution in [2.24, 2.45) is 0 Å². The number of nitrogens with zero attached hydrogens (tertiary/aromatic N) is 1. The zero-order chi connectivity index (χ0) is 19.4. The molecule has 3 aromatic rings. The van der Waals surface area contributed by atoms with E-state index >= 15 is 0 Å². The normalized spacial score (nSPS) is 11.2. The molecule has 27 heavy (non-hydrogen) atoms. The van der Waals surface area contributed by atoms with Crippen molar-refractivity contribution in [3.63, 3.8) is 0 Å². The molecule has 0 aliphatic rings. The summed E-state index contributed by atoms with van der Waals surface area (Å²) in [6.07, 6.45) is 0. The van der Waals surface area contributed by atoms with Crippen LogP contribution < -0.4 is 14.8 Å². The number of benzene rings is 2. The van der Waals surface area contributed by atoms with Crippen LogP contribution in [0.1, 0.15) is 18.4 Å². The molecular formula is C19H21N3O4S. The largest absolute Gasteiger partial charge is 0.494 e. The van der Waals surface area contributed by atoms with Crippen molar-refractivity contribution in [2.45, 2.75) is 25.7 Å². The Morgan fingerprint density at radius 3 is 2.04 bits per heavy atom.